The summed E-state index contributed by atoms with van der Waals surface area (Å²) in [5.41, 5.74) is 0.727. The van der Waals surface area contributed by atoms with Gasteiger partial charge in [-0.05, 0) is 31.9 Å². The predicted octanol–water partition coefficient (Wildman–Crippen LogP) is 3.64. The van der Waals surface area contributed by atoms with Crippen molar-refractivity contribution in [3.05, 3.63) is 71.8 Å². The fourth-order valence-electron chi connectivity index (χ4n) is 2.77. The molecule has 0 radical (unpaired) electrons. The molecule has 2 aromatic carbocycles. The van der Waals surface area contributed by atoms with Crippen molar-refractivity contribution in [3.63, 3.8) is 0 Å². The lowest BCUT2D eigenvalue weighted by Gasteiger charge is -2.33. The van der Waals surface area contributed by atoms with E-state index < -0.39 is 42.8 Å². The number of nitrogens with zero attached hydrogens (tertiary/aromatic N) is 1. The zero-order valence-electron chi connectivity index (χ0n) is 16.7. The molecule has 0 bridgehead atoms. The summed E-state index contributed by atoms with van der Waals surface area (Å²) in [7, 11) is 0. The minimum Gasteiger partial charge on any atom is -0.480 e. The maximum atomic E-state index is 12.7. The molecule has 29 heavy (non-hydrogen) atoms. The Balaban J connectivity index is 2.07. The summed E-state index contributed by atoms with van der Waals surface area (Å²) in [6, 6.07) is 18.3. The van der Waals surface area contributed by atoms with Crippen LogP contribution in [-0.2, 0) is 19.1 Å². The average Bonchev–Trinajstić information content (AvgIpc) is 2.67. The second-order valence-electron chi connectivity index (χ2n) is 7.40. The van der Waals surface area contributed by atoms with Gasteiger partial charge in [0.2, 0.25) is 6.79 Å². The minimum atomic E-state index is -1.16. The van der Waals surface area contributed by atoms with Crippen molar-refractivity contribution in [1.82, 2.24) is 4.90 Å². The molecule has 2 rings (SSSR count). The molecule has 0 aromatic heterocycles. The van der Waals surface area contributed by atoms with E-state index in [-0.39, 0.29) is 0 Å². The molecular weight excluding hydrogens is 374 g/mol. The van der Waals surface area contributed by atoms with Crippen molar-refractivity contribution in [2.45, 2.75) is 32.2 Å². The molecule has 0 spiro atoms. The number of ether oxygens (including phenoxy) is 2. The zero-order valence-corrected chi connectivity index (χ0v) is 16.7. The van der Waals surface area contributed by atoms with Gasteiger partial charge in [0.05, 0.1) is 0 Å². The van der Waals surface area contributed by atoms with E-state index in [1.54, 1.807) is 20.8 Å². The Morgan fingerprint density at radius 3 is 1.79 bits per heavy atom. The highest BCUT2D eigenvalue weighted by atomic mass is 16.7. The summed E-state index contributed by atoms with van der Waals surface area (Å²) in [6.07, 6.45) is -0.872. The molecule has 7 heteroatoms. The van der Waals surface area contributed by atoms with Gasteiger partial charge in [-0.25, -0.2) is 4.79 Å². The second kappa shape index (κ2) is 9.73. The normalized spacial score (nSPS) is 11.0. The Morgan fingerprint density at radius 1 is 0.897 bits per heavy atom. The number of carbonyl (C=O) groups is 3. The number of carboxylic acid groups (broad SMARTS) is 1. The molecule has 0 heterocycles. The molecule has 0 aliphatic heterocycles. The van der Waals surface area contributed by atoms with Gasteiger partial charge in [-0.3, -0.25) is 14.5 Å². The first kappa shape index (κ1) is 21.9. The quantitative estimate of drug-likeness (QED) is 0.564. The van der Waals surface area contributed by atoms with Gasteiger partial charge in [0.15, 0.2) is 0 Å². The summed E-state index contributed by atoms with van der Waals surface area (Å²) in [5, 5.41) is 9.00. The number of benzene rings is 2. The highest BCUT2D eigenvalue weighted by Crippen LogP contribution is 2.26. The van der Waals surface area contributed by atoms with E-state index in [0.29, 0.717) is 0 Å². The number of aliphatic carboxylic acids is 1. The number of amides is 1. The van der Waals surface area contributed by atoms with Crippen LogP contribution in [0.5, 0.6) is 0 Å². The molecular formula is C22H25NO6. The maximum Gasteiger partial charge on any atom is 0.413 e. The van der Waals surface area contributed by atoms with Crippen LogP contribution >= 0.6 is 0 Å². The van der Waals surface area contributed by atoms with E-state index in [4.69, 9.17) is 14.6 Å². The molecule has 0 fully saturated rings. The van der Waals surface area contributed by atoms with Crippen LogP contribution in [0, 0.1) is 0 Å². The summed E-state index contributed by atoms with van der Waals surface area (Å²) < 4.78 is 10.2. The molecule has 0 unspecified atom stereocenters. The van der Waals surface area contributed by atoms with E-state index in [1.165, 1.54) is 0 Å². The van der Waals surface area contributed by atoms with Gasteiger partial charge in [-0.1, -0.05) is 60.7 Å². The summed E-state index contributed by atoms with van der Waals surface area (Å²) in [5.74, 6) is -2.41. The van der Waals surface area contributed by atoms with Gasteiger partial charge in [-0.2, -0.15) is 0 Å². The first-order valence-electron chi connectivity index (χ1n) is 9.13. The fourth-order valence-corrected chi connectivity index (χ4v) is 2.77. The molecule has 0 saturated heterocycles. The highest BCUT2D eigenvalue weighted by Gasteiger charge is 2.30. The van der Waals surface area contributed by atoms with Gasteiger partial charge in [-0.15, -0.1) is 0 Å². The minimum absolute atomic E-state index is 0.521. The lowest BCUT2D eigenvalue weighted by molar-refractivity contribution is -0.154. The topological polar surface area (TPSA) is 93.1 Å². The third kappa shape index (κ3) is 6.34. The number of carboxylic acids is 1. The monoisotopic (exact) mass is 399 g/mol. The maximum absolute atomic E-state index is 12.7. The smallest absolute Gasteiger partial charge is 0.413 e. The third-order valence-electron chi connectivity index (χ3n) is 4.21. The van der Waals surface area contributed by atoms with Crippen molar-refractivity contribution >= 4 is 18.0 Å². The second-order valence-corrected chi connectivity index (χ2v) is 7.40. The van der Waals surface area contributed by atoms with Crippen LogP contribution in [0.15, 0.2) is 60.7 Å². The van der Waals surface area contributed by atoms with Gasteiger partial charge in [0.1, 0.15) is 12.5 Å². The van der Waals surface area contributed by atoms with Crippen LogP contribution in [0.1, 0.15) is 37.8 Å². The van der Waals surface area contributed by atoms with E-state index in [1.807, 2.05) is 60.7 Å². The first-order valence-corrected chi connectivity index (χ1v) is 9.13. The van der Waals surface area contributed by atoms with Gasteiger partial charge >= 0.3 is 18.0 Å². The lowest BCUT2D eigenvalue weighted by atomic mass is 9.91. The molecule has 1 N–H and O–H groups in total. The fraction of sp³-hybridized carbons (Fsp3) is 0.318. The van der Waals surface area contributed by atoms with Crippen molar-refractivity contribution < 1.29 is 29.0 Å². The van der Waals surface area contributed by atoms with Crippen molar-refractivity contribution in [1.29, 1.82) is 0 Å². The Hall–Kier alpha value is -3.35. The number of hydrogen-bond acceptors (Lipinski definition) is 5. The SMILES string of the molecule is CC(C)(C)N(CC(=O)O)C(=O)OCOC(=O)C(c1ccccc1)c1ccccc1. The zero-order chi connectivity index (χ0) is 21.4. The lowest BCUT2D eigenvalue weighted by Crippen LogP contribution is -2.48. The molecule has 2 aromatic rings. The molecule has 0 aliphatic rings. The van der Waals surface area contributed by atoms with Crippen LogP contribution < -0.4 is 0 Å². The highest BCUT2D eigenvalue weighted by molar-refractivity contribution is 5.82. The largest absolute Gasteiger partial charge is 0.480 e. The summed E-state index contributed by atoms with van der Waals surface area (Å²) >= 11 is 0. The Morgan fingerprint density at radius 2 is 1.38 bits per heavy atom. The van der Waals surface area contributed by atoms with E-state index >= 15 is 0 Å². The van der Waals surface area contributed by atoms with Crippen LogP contribution in [0.4, 0.5) is 4.79 Å². The predicted molar refractivity (Wildman–Crippen MR) is 106 cm³/mol. The van der Waals surface area contributed by atoms with Crippen LogP contribution in [0.3, 0.4) is 0 Å². The van der Waals surface area contributed by atoms with Crippen LogP contribution in [0.2, 0.25) is 0 Å². The third-order valence-corrected chi connectivity index (χ3v) is 4.21. The number of esters is 1. The number of carbonyl (C=O) groups excluding carboxylic acids is 2. The molecule has 154 valence electrons. The van der Waals surface area contributed by atoms with E-state index in [2.05, 4.69) is 0 Å². The number of hydrogen-bond donors (Lipinski definition) is 1. The van der Waals surface area contributed by atoms with Gasteiger partial charge in [0, 0.05) is 5.54 Å². The first-order chi connectivity index (χ1) is 13.7. The van der Waals surface area contributed by atoms with Crippen LogP contribution in [-0.4, -0.2) is 46.9 Å². The van der Waals surface area contributed by atoms with E-state index in [9.17, 15) is 14.4 Å². The molecule has 0 aliphatic carbocycles. The number of rotatable bonds is 7. The Bertz CT molecular complexity index is 790. The Labute approximate surface area is 169 Å². The molecule has 1 amide bonds. The van der Waals surface area contributed by atoms with Gasteiger partial charge < -0.3 is 14.6 Å². The van der Waals surface area contributed by atoms with E-state index in [0.717, 1.165) is 16.0 Å². The average molecular weight is 399 g/mol. The standard InChI is InChI=1S/C22H25NO6/c1-22(2,3)23(14-18(24)25)21(27)29-15-28-20(26)19(16-10-6-4-7-11-16)17-12-8-5-9-13-17/h4-13,19H,14-15H2,1-3H3,(H,24,25). The summed E-state index contributed by atoms with van der Waals surface area (Å²) in [6.45, 7) is 3.92. The van der Waals surface area contributed by atoms with Crippen molar-refractivity contribution in [2.75, 3.05) is 13.3 Å². The molecule has 0 saturated carbocycles. The van der Waals surface area contributed by atoms with Crippen molar-refractivity contribution in [3.8, 4) is 0 Å². The molecule has 0 atom stereocenters. The van der Waals surface area contributed by atoms with Gasteiger partial charge in [0.25, 0.3) is 0 Å². The van der Waals surface area contributed by atoms with Crippen molar-refractivity contribution in [2.24, 2.45) is 0 Å². The summed E-state index contributed by atoms with van der Waals surface area (Å²) in [4.78, 5) is 37.1. The van der Waals surface area contributed by atoms with Crippen LogP contribution in [0.25, 0.3) is 0 Å². The Kier molecular flexibility index (Phi) is 7.36. The molecule has 7 nitrogen and oxygen atoms in total.